The van der Waals surface area contributed by atoms with Crippen molar-refractivity contribution < 1.29 is 9.90 Å². The van der Waals surface area contributed by atoms with Crippen molar-refractivity contribution in [2.24, 2.45) is 0 Å². The molecule has 0 radical (unpaired) electrons. The fraction of sp³-hybridized carbons (Fsp3) is 0.222. The molecule has 0 atom stereocenters. The van der Waals surface area contributed by atoms with Crippen LogP contribution < -0.4 is 0 Å². The number of hydrogen-bond acceptors (Lipinski definition) is 1. The smallest absolute Gasteiger partial charge is 0.337 e. The molecule has 0 unspecified atom stereocenters. The maximum atomic E-state index is 10.6. The zero-order chi connectivity index (χ0) is 10.0. The van der Waals surface area contributed by atoms with Crippen molar-refractivity contribution in [1.82, 2.24) is 4.57 Å². The molecule has 13 heavy (non-hydrogen) atoms. The number of nitrogens with zero attached hydrogens (tertiary/aromatic N) is 1. The number of rotatable bonds is 3. The summed E-state index contributed by atoms with van der Waals surface area (Å²) >= 11 is 3.27. The Morgan fingerprint density at radius 2 is 2.38 bits per heavy atom. The van der Waals surface area contributed by atoms with E-state index >= 15 is 0 Å². The molecule has 0 fully saturated rings. The molecule has 0 saturated heterocycles. The van der Waals surface area contributed by atoms with Crippen molar-refractivity contribution >= 4 is 21.9 Å². The van der Waals surface area contributed by atoms with Gasteiger partial charge in [0.2, 0.25) is 0 Å². The maximum absolute atomic E-state index is 10.6. The van der Waals surface area contributed by atoms with Gasteiger partial charge in [-0.15, -0.1) is 0 Å². The summed E-state index contributed by atoms with van der Waals surface area (Å²) in [5, 5.41) is 8.70. The summed E-state index contributed by atoms with van der Waals surface area (Å²) < 4.78 is 2.55. The van der Waals surface area contributed by atoms with E-state index in [2.05, 4.69) is 22.5 Å². The standard InChI is InChI=1S/C9H10BrNO2/c1-6(2)4-11-5-7(9(12)13)3-8(11)10/h3,5H,1,4H2,2H3,(H,12,13). The lowest BCUT2D eigenvalue weighted by Crippen LogP contribution is -1.97. The largest absolute Gasteiger partial charge is 0.478 e. The van der Waals surface area contributed by atoms with Gasteiger partial charge in [0.25, 0.3) is 0 Å². The van der Waals surface area contributed by atoms with Gasteiger partial charge < -0.3 is 9.67 Å². The van der Waals surface area contributed by atoms with E-state index in [0.29, 0.717) is 6.54 Å². The maximum Gasteiger partial charge on any atom is 0.337 e. The second-order valence-corrected chi connectivity index (χ2v) is 3.75. The molecule has 0 spiro atoms. The Balaban J connectivity index is 2.96. The molecule has 0 bridgehead atoms. The summed E-state index contributed by atoms with van der Waals surface area (Å²) in [5.74, 6) is -0.916. The highest BCUT2D eigenvalue weighted by atomic mass is 79.9. The van der Waals surface area contributed by atoms with Gasteiger partial charge in [-0.1, -0.05) is 12.2 Å². The van der Waals surface area contributed by atoms with Crippen LogP contribution >= 0.6 is 15.9 Å². The first-order chi connectivity index (χ1) is 6.00. The summed E-state index contributed by atoms with van der Waals surface area (Å²) in [6.45, 7) is 6.29. The first-order valence-corrected chi connectivity index (χ1v) is 4.53. The van der Waals surface area contributed by atoms with Crippen LogP contribution in [0.1, 0.15) is 17.3 Å². The molecule has 0 amide bonds. The number of aromatic nitrogens is 1. The molecule has 0 aliphatic heterocycles. The van der Waals surface area contributed by atoms with E-state index in [1.54, 1.807) is 16.8 Å². The monoisotopic (exact) mass is 243 g/mol. The molecular formula is C9H10BrNO2. The summed E-state index contributed by atoms with van der Waals surface area (Å²) in [7, 11) is 0. The molecule has 1 aromatic rings. The number of aromatic carboxylic acids is 1. The summed E-state index contributed by atoms with van der Waals surface area (Å²) in [4.78, 5) is 10.6. The Labute approximate surface area is 84.8 Å². The third-order valence-electron chi connectivity index (χ3n) is 1.53. The highest BCUT2D eigenvalue weighted by Gasteiger charge is 2.08. The second kappa shape index (κ2) is 3.79. The van der Waals surface area contributed by atoms with Crippen LogP contribution in [0.4, 0.5) is 0 Å². The van der Waals surface area contributed by atoms with Crippen LogP contribution in [0.3, 0.4) is 0 Å². The molecule has 1 N–H and O–H groups in total. The second-order valence-electron chi connectivity index (χ2n) is 2.94. The minimum Gasteiger partial charge on any atom is -0.478 e. The first kappa shape index (κ1) is 10.1. The third-order valence-corrected chi connectivity index (χ3v) is 2.22. The van der Waals surface area contributed by atoms with Crippen molar-refractivity contribution in [3.05, 3.63) is 34.6 Å². The molecule has 0 saturated carbocycles. The normalized spacial score (nSPS) is 10.0. The molecule has 70 valence electrons. The molecule has 1 heterocycles. The van der Waals surface area contributed by atoms with Crippen LogP contribution in [0, 0.1) is 0 Å². The van der Waals surface area contributed by atoms with Crippen LogP contribution in [-0.2, 0) is 6.54 Å². The van der Waals surface area contributed by atoms with Gasteiger partial charge in [-0.25, -0.2) is 4.79 Å². The number of allylic oxidation sites excluding steroid dienone is 1. The fourth-order valence-corrected chi connectivity index (χ4v) is 1.48. The summed E-state index contributed by atoms with van der Waals surface area (Å²) in [6, 6.07) is 1.57. The zero-order valence-electron chi connectivity index (χ0n) is 7.25. The predicted octanol–water partition coefficient (Wildman–Crippen LogP) is 2.52. The van der Waals surface area contributed by atoms with E-state index < -0.39 is 5.97 Å². The van der Waals surface area contributed by atoms with E-state index in [1.807, 2.05) is 6.92 Å². The first-order valence-electron chi connectivity index (χ1n) is 3.74. The topological polar surface area (TPSA) is 42.2 Å². The Morgan fingerprint density at radius 1 is 1.77 bits per heavy atom. The Bertz CT molecular complexity index is 354. The van der Waals surface area contributed by atoms with Crippen LogP contribution in [0.5, 0.6) is 0 Å². The lowest BCUT2D eigenvalue weighted by atomic mass is 10.3. The molecule has 0 aliphatic carbocycles. The van der Waals surface area contributed by atoms with E-state index in [0.717, 1.165) is 10.2 Å². The van der Waals surface area contributed by atoms with Crippen molar-refractivity contribution in [3.63, 3.8) is 0 Å². The molecule has 0 aromatic carbocycles. The average Bonchev–Trinajstić information content (AvgIpc) is 2.31. The summed E-state index contributed by atoms with van der Waals surface area (Å²) in [6.07, 6.45) is 1.58. The van der Waals surface area contributed by atoms with Gasteiger partial charge in [-0.05, 0) is 28.9 Å². The van der Waals surface area contributed by atoms with Gasteiger partial charge in [0.1, 0.15) is 0 Å². The lowest BCUT2D eigenvalue weighted by Gasteiger charge is -2.02. The number of carbonyl (C=O) groups is 1. The Kier molecular flexibility index (Phi) is 2.93. The fourth-order valence-electron chi connectivity index (χ4n) is 1.01. The third kappa shape index (κ3) is 2.45. The molecule has 4 heteroatoms. The van der Waals surface area contributed by atoms with Gasteiger partial charge in [0.15, 0.2) is 0 Å². The van der Waals surface area contributed by atoms with Crippen LogP contribution in [0.2, 0.25) is 0 Å². The number of carboxylic acid groups (broad SMARTS) is 1. The zero-order valence-corrected chi connectivity index (χ0v) is 8.84. The highest BCUT2D eigenvalue weighted by Crippen LogP contribution is 2.16. The van der Waals surface area contributed by atoms with E-state index in [-0.39, 0.29) is 5.56 Å². The quantitative estimate of drug-likeness (QED) is 0.830. The molecule has 3 nitrogen and oxygen atoms in total. The van der Waals surface area contributed by atoms with Crippen LogP contribution in [0.25, 0.3) is 0 Å². The van der Waals surface area contributed by atoms with E-state index in [4.69, 9.17) is 5.11 Å². The van der Waals surface area contributed by atoms with Crippen molar-refractivity contribution in [2.75, 3.05) is 0 Å². The summed E-state index contributed by atoms with van der Waals surface area (Å²) in [5.41, 5.74) is 1.27. The van der Waals surface area contributed by atoms with Crippen LogP contribution in [0.15, 0.2) is 29.0 Å². The number of hydrogen-bond donors (Lipinski definition) is 1. The van der Waals surface area contributed by atoms with E-state index in [9.17, 15) is 4.79 Å². The predicted molar refractivity (Wildman–Crippen MR) is 53.9 cm³/mol. The van der Waals surface area contributed by atoms with Gasteiger partial charge in [0, 0.05) is 12.7 Å². The highest BCUT2D eigenvalue weighted by molar-refractivity contribution is 9.10. The van der Waals surface area contributed by atoms with Crippen LogP contribution in [-0.4, -0.2) is 15.6 Å². The van der Waals surface area contributed by atoms with Crippen molar-refractivity contribution in [2.45, 2.75) is 13.5 Å². The van der Waals surface area contributed by atoms with Crippen molar-refractivity contribution in [3.8, 4) is 0 Å². The van der Waals surface area contributed by atoms with Gasteiger partial charge >= 0.3 is 5.97 Å². The number of halogens is 1. The van der Waals surface area contributed by atoms with Gasteiger partial charge in [-0.3, -0.25) is 0 Å². The molecule has 1 aromatic heterocycles. The SMILES string of the molecule is C=C(C)Cn1cc(C(=O)O)cc1Br. The molecule has 1 rings (SSSR count). The molecule has 0 aliphatic rings. The molecular weight excluding hydrogens is 234 g/mol. The minimum absolute atomic E-state index is 0.285. The van der Waals surface area contributed by atoms with E-state index in [1.165, 1.54) is 0 Å². The number of carboxylic acids is 1. The van der Waals surface area contributed by atoms with Gasteiger partial charge in [-0.2, -0.15) is 0 Å². The minimum atomic E-state index is -0.916. The lowest BCUT2D eigenvalue weighted by molar-refractivity contribution is 0.0697. The Morgan fingerprint density at radius 3 is 2.77 bits per heavy atom. The van der Waals surface area contributed by atoms with Crippen molar-refractivity contribution in [1.29, 1.82) is 0 Å². The Hall–Kier alpha value is -1.03. The van der Waals surface area contributed by atoms with Gasteiger partial charge in [0.05, 0.1) is 10.2 Å². The average molecular weight is 244 g/mol.